The van der Waals surface area contributed by atoms with Crippen LogP contribution in [-0.2, 0) is 18.4 Å². The number of nitrogens with one attached hydrogen (secondary N) is 1. The van der Waals surface area contributed by atoms with Crippen molar-refractivity contribution in [2.75, 3.05) is 40.9 Å². The highest BCUT2D eigenvalue weighted by Gasteiger charge is 2.23. The molecule has 49 heavy (non-hydrogen) atoms. The van der Waals surface area contributed by atoms with Crippen LogP contribution in [-0.4, -0.2) is 68.5 Å². The van der Waals surface area contributed by atoms with Crippen molar-refractivity contribution in [2.45, 2.75) is 122 Å². The summed E-state index contributed by atoms with van der Waals surface area (Å²) in [6, 6.07) is -0.933. The molecule has 2 N–H and O–H groups in total. The number of quaternary nitrogens is 1. The number of allylic oxidation sites excluding steroid dienone is 13. The third kappa shape index (κ3) is 33.9. The van der Waals surface area contributed by atoms with Gasteiger partial charge in [0.05, 0.1) is 39.9 Å². The van der Waals surface area contributed by atoms with E-state index in [1.165, 1.54) is 12.8 Å². The third-order valence-corrected chi connectivity index (χ3v) is 8.28. The molecule has 8 nitrogen and oxygen atoms in total. The Morgan fingerprint density at radius 3 is 1.82 bits per heavy atom. The maximum Gasteiger partial charge on any atom is 0.268 e. The Morgan fingerprint density at radius 1 is 0.735 bits per heavy atom. The molecule has 0 aromatic rings. The van der Waals surface area contributed by atoms with E-state index < -0.39 is 26.6 Å². The smallest absolute Gasteiger partial charge is 0.268 e. The number of rotatable bonds is 31. The van der Waals surface area contributed by atoms with Crippen molar-refractivity contribution in [3.8, 4) is 0 Å². The predicted molar refractivity (Wildman–Crippen MR) is 205 cm³/mol. The molecule has 9 heteroatoms. The fourth-order valence-electron chi connectivity index (χ4n) is 4.33. The van der Waals surface area contributed by atoms with Crippen LogP contribution in [0.25, 0.3) is 0 Å². The van der Waals surface area contributed by atoms with Crippen molar-refractivity contribution in [3.05, 3.63) is 85.1 Å². The lowest BCUT2D eigenvalue weighted by Crippen LogP contribution is -2.45. The molecule has 3 atom stereocenters. The lowest BCUT2D eigenvalue weighted by Gasteiger charge is -2.29. The van der Waals surface area contributed by atoms with E-state index in [1.807, 2.05) is 27.2 Å². The number of carbonyl (C=O) groups is 1. The van der Waals surface area contributed by atoms with Crippen molar-refractivity contribution in [1.82, 2.24) is 5.32 Å². The van der Waals surface area contributed by atoms with Gasteiger partial charge in [-0.2, -0.15) is 0 Å². The Labute approximate surface area is 299 Å². The van der Waals surface area contributed by atoms with E-state index in [0.717, 1.165) is 64.2 Å². The SMILES string of the molecule is CC/C=C\C/C=C\C/C=C\C/C=C\CCCCC(=O)NC(COP(=O)([O-])OCC[N+](C)(C)C)C(O)/C=C/CC/C=C/CC/C=C/CCCC. The third-order valence-electron chi connectivity index (χ3n) is 7.32. The molecule has 3 unspecified atom stereocenters. The van der Waals surface area contributed by atoms with E-state index in [9.17, 15) is 19.4 Å². The molecule has 0 heterocycles. The van der Waals surface area contributed by atoms with Gasteiger partial charge in [0, 0.05) is 6.42 Å². The average molecular weight is 705 g/mol. The summed E-state index contributed by atoms with van der Waals surface area (Å²) in [5.74, 6) is -0.260. The lowest BCUT2D eigenvalue weighted by atomic mass is 10.1. The van der Waals surface area contributed by atoms with Crippen molar-refractivity contribution < 1.29 is 32.9 Å². The summed E-state index contributed by atoms with van der Waals surface area (Å²) in [6.07, 6.45) is 42.1. The van der Waals surface area contributed by atoms with Crippen LogP contribution in [0.15, 0.2) is 85.1 Å². The molecule has 0 spiro atoms. The molecule has 0 bridgehead atoms. The number of carbonyl (C=O) groups excluding carboxylic acids is 1. The number of phosphoric ester groups is 1. The van der Waals surface area contributed by atoms with E-state index in [2.05, 4.69) is 92.1 Å². The van der Waals surface area contributed by atoms with Crippen LogP contribution < -0.4 is 10.2 Å². The van der Waals surface area contributed by atoms with Crippen LogP contribution in [0.1, 0.15) is 110 Å². The first-order valence-electron chi connectivity index (χ1n) is 18.4. The van der Waals surface area contributed by atoms with E-state index in [-0.39, 0.29) is 18.9 Å². The van der Waals surface area contributed by atoms with Gasteiger partial charge >= 0.3 is 0 Å². The van der Waals surface area contributed by atoms with Crippen LogP contribution in [0.3, 0.4) is 0 Å². The first-order chi connectivity index (χ1) is 23.5. The van der Waals surface area contributed by atoms with Gasteiger partial charge in [0.25, 0.3) is 7.82 Å². The van der Waals surface area contributed by atoms with Gasteiger partial charge in [-0.15, -0.1) is 0 Å². The van der Waals surface area contributed by atoms with Gasteiger partial charge in [-0.25, -0.2) is 0 Å². The molecular weight excluding hydrogens is 635 g/mol. The molecule has 0 fully saturated rings. The van der Waals surface area contributed by atoms with E-state index in [4.69, 9.17) is 9.05 Å². The molecule has 280 valence electrons. The van der Waals surface area contributed by atoms with Gasteiger partial charge in [-0.05, 0) is 77.0 Å². The molecule has 0 saturated carbocycles. The van der Waals surface area contributed by atoms with Gasteiger partial charge in [-0.3, -0.25) is 9.36 Å². The highest BCUT2D eigenvalue weighted by atomic mass is 31.2. The second-order valence-corrected chi connectivity index (χ2v) is 14.6. The molecule has 0 aromatic carbocycles. The zero-order valence-corrected chi connectivity index (χ0v) is 32.2. The van der Waals surface area contributed by atoms with Crippen LogP contribution in [0.4, 0.5) is 0 Å². The van der Waals surface area contributed by atoms with Crippen molar-refractivity contribution >= 4 is 13.7 Å². The summed E-state index contributed by atoms with van der Waals surface area (Å²) in [5.41, 5.74) is 0. The average Bonchev–Trinajstić information content (AvgIpc) is 3.04. The molecule has 1 amide bonds. The van der Waals surface area contributed by atoms with Gasteiger partial charge in [0.15, 0.2) is 0 Å². The number of amides is 1. The standard InChI is InChI=1S/C40H69N2O6P/c1-6-8-10-12-14-16-18-20-21-22-24-26-28-30-32-34-40(44)41-38(37-48-49(45,46)47-36-35-42(3,4)5)39(43)33-31-29-27-25-23-19-17-15-13-11-9-7-2/h8,10,13-16,20-21,23-26,31,33,38-39,43H,6-7,9,11-12,17-19,22,27-30,32,34-37H2,1-5H3,(H-,41,44,45,46)/b10-8-,15-13+,16-14-,21-20-,25-23+,26-24-,33-31+. The molecular formula is C40H69N2O6P. The fourth-order valence-corrected chi connectivity index (χ4v) is 5.06. The van der Waals surface area contributed by atoms with Gasteiger partial charge in [0.1, 0.15) is 13.2 Å². The highest BCUT2D eigenvalue weighted by molar-refractivity contribution is 7.45. The summed E-state index contributed by atoms with van der Waals surface area (Å²) in [6.45, 7) is 4.36. The number of aliphatic hydroxyl groups is 1. The number of aliphatic hydroxyl groups excluding tert-OH is 1. The molecule has 0 aliphatic carbocycles. The van der Waals surface area contributed by atoms with E-state index in [1.54, 1.807) is 6.08 Å². The second kappa shape index (κ2) is 31.6. The maximum absolute atomic E-state index is 12.7. The molecule has 0 aliphatic heterocycles. The quantitative estimate of drug-likeness (QED) is 0.0323. The van der Waals surface area contributed by atoms with Crippen LogP contribution in [0.2, 0.25) is 0 Å². The van der Waals surface area contributed by atoms with Crippen molar-refractivity contribution in [3.63, 3.8) is 0 Å². The topological polar surface area (TPSA) is 108 Å². The number of nitrogens with zero attached hydrogens (tertiary/aromatic N) is 1. The number of phosphoric acid groups is 1. The van der Waals surface area contributed by atoms with E-state index >= 15 is 0 Å². The Balaban J connectivity index is 4.73. The predicted octanol–water partition coefficient (Wildman–Crippen LogP) is 8.82. The normalized spacial score (nSPS) is 15.7. The zero-order valence-electron chi connectivity index (χ0n) is 31.3. The number of likely N-dealkylation sites (N-methyl/N-ethyl adjacent to an activating group) is 1. The van der Waals surface area contributed by atoms with Crippen LogP contribution in [0.5, 0.6) is 0 Å². The minimum Gasteiger partial charge on any atom is -0.756 e. The van der Waals surface area contributed by atoms with E-state index in [0.29, 0.717) is 23.9 Å². The zero-order chi connectivity index (χ0) is 36.5. The monoisotopic (exact) mass is 704 g/mol. The number of unbranched alkanes of at least 4 members (excludes halogenated alkanes) is 6. The second-order valence-electron chi connectivity index (χ2n) is 13.2. The summed E-state index contributed by atoms with van der Waals surface area (Å²) in [7, 11) is 1.18. The van der Waals surface area contributed by atoms with Gasteiger partial charge in [0.2, 0.25) is 5.91 Å². The molecule has 0 radical (unpaired) electrons. The van der Waals surface area contributed by atoms with Crippen molar-refractivity contribution in [1.29, 1.82) is 0 Å². The van der Waals surface area contributed by atoms with Crippen molar-refractivity contribution in [2.24, 2.45) is 0 Å². The Morgan fingerprint density at radius 2 is 1.24 bits per heavy atom. The minimum atomic E-state index is -4.61. The molecule has 0 aliphatic rings. The minimum absolute atomic E-state index is 0.0221. The maximum atomic E-state index is 12.7. The summed E-state index contributed by atoms with van der Waals surface area (Å²) >= 11 is 0. The Hall–Kier alpha value is -2.32. The highest BCUT2D eigenvalue weighted by Crippen LogP contribution is 2.38. The summed E-state index contributed by atoms with van der Waals surface area (Å²) in [5, 5.41) is 13.6. The first kappa shape index (κ1) is 46.7. The van der Waals surface area contributed by atoms with Gasteiger partial charge < -0.3 is 28.8 Å². The molecule has 0 rings (SSSR count). The van der Waals surface area contributed by atoms with Crippen LogP contribution in [0, 0.1) is 0 Å². The molecule has 0 saturated heterocycles. The fraction of sp³-hybridized carbons (Fsp3) is 0.625. The largest absolute Gasteiger partial charge is 0.756 e. The Bertz CT molecular complexity index is 1070. The first-order valence-corrected chi connectivity index (χ1v) is 19.9. The summed E-state index contributed by atoms with van der Waals surface area (Å²) < 4.78 is 23.0. The Kier molecular flexibility index (Phi) is 30.1. The number of hydrogen-bond donors (Lipinski definition) is 2. The van der Waals surface area contributed by atoms with Gasteiger partial charge in [-0.1, -0.05) is 112 Å². The van der Waals surface area contributed by atoms with Crippen LogP contribution >= 0.6 is 7.82 Å². The number of hydrogen-bond acceptors (Lipinski definition) is 6. The molecule has 0 aromatic heterocycles. The summed E-state index contributed by atoms with van der Waals surface area (Å²) in [4.78, 5) is 25.1. The lowest BCUT2D eigenvalue weighted by molar-refractivity contribution is -0.870.